The molecule has 6 nitrogen and oxygen atoms in total. The second kappa shape index (κ2) is 7.11. The number of carbonyl (C=O) groups is 2. The van der Waals surface area contributed by atoms with Crippen molar-refractivity contribution in [2.24, 2.45) is 11.7 Å². The molecule has 31 heavy (non-hydrogen) atoms. The number of benzene rings is 2. The highest BCUT2D eigenvalue weighted by Crippen LogP contribution is 2.50. The van der Waals surface area contributed by atoms with E-state index in [2.05, 4.69) is 0 Å². The number of piperidine rings is 1. The molecule has 160 valence electrons. The first kappa shape index (κ1) is 19.6. The highest BCUT2D eigenvalue weighted by atomic mass is 19.1. The lowest BCUT2D eigenvalue weighted by Gasteiger charge is -2.52. The molecule has 0 spiro atoms. The van der Waals surface area contributed by atoms with Crippen LogP contribution in [0, 0.1) is 11.7 Å². The summed E-state index contributed by atoms with van der Waals surface area (Å²) in [6.45, 7) is 2.91. The van der Waals surface area contributed by atoms with Crippen LogP contribution in [0.3, 0.4) is 0 Å². The van der Waals surface area contributed by atoms with E-state index in [1.807, 2.05) is 48.0 Å². The van der Waals surface area contributed by atoms with Gasteiger partial charge in [-0.3, -0.25) is 9.59 Å². The minimum atomic E-state index is -0.903. The van der Waals surface area contributed by atoms with Gasteiger partial charge in [-0.15, -0.1) is 0 Å². The lowest BCUT2D eigenvalue weighted by Crippen LogP contribution is -2.64. The largest absolute Gasteiger partial charge is 0.468 e. The number of nitrogens with zero attached hydrogens (tertiary/aromatic N) is 2. The van der Waals surface area contributed by atoms with E-state index in [4.69, 9.17) is 10.5 Å². The van der Waals surface area contributed by atoms with Crippen molar-refractivity contribution < 1.29 is 18.7 Å². The Hall–Kier alpha value is -3.35. The first-order valence-corrected chi connectivity index (χ1v) is 10.5. The molecule has 0 saturated carbocycles. The number of likely N-dealkylation sites (tertiary alicyclic amines) is 1. The van der Waals surface area contributed by atoms with E-state index in [9.17, 15) is 14.0 Å². The molecular weight excluding hydrogens is 397 g/mol. The van der Waals surface area contributed by atoms with Gasteiger partial charge in [0, 0.05) is 31.6 Å². The summed E-state index contributed by atoms with van der Waals surface area (Å²) in [6.07, 6.45) is 3.06. The average Bonchev–Trinajstić information content (AvgIpc) is 3.12. The second-order valence-electron chi connectivity index (χ2n) is 8.56. The Bertz CT molecular complexity index is 1190. The number of aryl methyl sites for hydroxylation is 1. The average molecular weight is 421 g/mol. The number of halogens is 1. The number of nitrogens with two attached hydrogens (primary N) is 1. The quantitative estimate of drug-likeness (QED) is 0.642. The number of aromatic nitrogens is 1. The molecule has 7 heteroatoms. The van der Waals surface area contributed by atoms with Gasteiger partial charge in [-0.25, -0.2) is 4.39 Å². The van der Waals surface area contributed by atoms with Crippen LogP contribution in [0.15, 0.2) is 54.7 Å². The molecule has 1 fully saturated rings. The normalized spacial score (nSPS) is 24.7. The summed E-state index contributed by atoms with van der Waals surface area (Å²) >= 11 is 0. The number of carbonyl (C=O) groups excluding carboxylic acids is 2. The van der Waals surface area contributed by atoms with Crippen LogP contribution < -0.4 is 10.5 Å². The van der Waals surface area contributed by atoms with E-state index in [1.165, 1.54) is 12.1 Å². The Morgan fingerprint density at radius 3 is 2.84 bits per heavy atom. The Morgan fingerprint density at radius 1 is 1.23 bits per heavy atom. The fraction of sp³-hybridized carbons (Fsp3) is 0.333. The van der Waals surface area contributed by atoms with Crippen molar-refractivity contribution in [2.75, 3.05) is 6.54 Å². The Kier molecular flexibility index (Phi) is 4.50. The molecule has 2 amide bonds. The number of amides is 2. The van der Waals surface area contributed by atoms with Crippen LogP contribution in [0.25, 0.3) is 10.9 Å². The molecule has 0 aliphatic carbocycles. The summed E-state index contributed by atoms with van der Waals surface area (Å²) in [7, 11) is 0. The molecular formula is C24H24FN3O3. The molecule has 3 heterocycles. The Balaban J connectivity index is 1.40. The first-order valence-electron chi connectivity index (χ1n) is 10.5. The molecule has 1 saturated heterocycles. The number of para-hydroxylation sites is 1. The topological polar surface area (TPSA) is 77.6 Å². The van der Waals surface area contributed by atoms with Crippen LogP contribution in [-0.2, 0) is 16.1 Å². The van der Waals surface area contributed by atoms with Gasteiger partial charge in [-0.1, -0.05) is 18.2 Å². The van der Waals surface area contributed by atoms with Crippen LogP contribution in [0.1, 0.15) is 31.2 Å². The molecule has 3 atom stereocenters. The summed E-state index contributed by atoms with van der Waals surface area (Å²) in [4.78, 5) is 27.2. The number of fused-ring (bicyclic) bond motifs is 5. The minimum absolute atomic E-state index is 0.282. The van der Waals surface area contributed by atoms with Crippen LogP contribution in [0.2, 0.25) is 0 Å². The zero-order valence-electron chi connectivity index (χ0n) is 17.3. The van der Waals surface area contributed by atoms with Crippen LogP contribution in [-0.4, -0.2) is 33.6 Å². The zero-order chi connectivity index (χ0) is 21.8. The second-order valence-corrected chi connectivity index (χ2v) is 8.56. The minimum Gasteiger partial charge on any atom is -0.468 e. The smallest absolute Gasteiger partial charge is 0.238 e. The maximum absolute atomic E-state index is 13.7. The molecule has 2 aromatic carbocycles. The number of rotatable bonds is 5. The predicted molar refractivity (Wildman–Crippen MR) is 114 cm³/mol. The monoisotopic (exact) mass is 421 g/mol. The lowest BCUT2D eigenvalue weighted by molar-refractivity contribution is -0.175. The molecule has 2 aliphatic heterocycles. The first-order chi connectivity index (χ1) is 14.9. The third kappa shape index (κ3) is 3.15. The van der Waals surface area contributed by atoms with Gasteiger partial charge in [0.25, 0.3) is 0 Å². The molecule has 5 rings (SSSR count). The summed E-state index contributed by atoms with van der Waals surface area (Å²) in [5.74, 6) is -1.67. The predicted octanol–water partition coefficient (Wildman–Crippen LogP) is 3.40. The Labute approximate surface area is 179 Å². The molecule has 0 unspecified atom stereocenters. The third-order valence-electron chi connectivity index (χ3n) is 6.58. The van der Waals surface area contributed by atoms with E-state index in [0.29, 0.717) is 31.7 Å². The summed E-state index contributed by atoms with van der Waals surface area (Å²) < 4.78 is 21.9. The SMILES string of the molecule is C[C@@]12C[C@@H](c3ccccc3O1)[C@@H](C(N)=O)C(=O)N2CCCn1ccc2ccc(F)cc21. The van der Waals surface area contributed by atoms with Gasteiger partial charge in [0.15, 0.2) is 5.72 Å². The van der Waals surface area contributed by atoms with Gasteiger partial charge in [0.1, 0.15) is 17.5 Å². The van der Waals surface area contributed by atoms with E-state index in [-0.39, 0.29) is 17.6 Å². The highest BCUT2D eigenvalue weighted by molar-refractivity contribution is 6.01. The Morgan fingerprint density at radius 2 is 2.03 bits per heavy atom. The van der Waals surface area contributed by atoms with Gasteiger partial charge < -0.3 is 19.9 Å². The van der Waals surface area contributed by atoms with Crippen molar-refractivity contribution in [2.45, 2.75) is 38.0 Å². The number of ether oxygens (including phenoxy) is 1. The van der Waals surface area contributed by atoms with Crippen molar-refractivity contribution in [3.05, 3.63) is 66.1 Å². The van der Waals surface area contributed by atoms with Crippen LogP contribution >= 0.6 is 0 Å². The highest BCUT2D eigenvalue weighted by Gasteiger charge is 2.55. The maximum atomic E-state index is 13.7. The molecule has 2 bridgehead atoms. The van der Waals surface area contributed by atoms with Gasteiger partial charge in [0.05, 0.1) is 5.52 Å². The third-order valence-corrected chi connectivity index (χ3v) is 6.58. The van der Waals surface area contributed by atoms with E-state index < -0.39 is 17.6 Å². The van der Waals surface area contributed by atoms with Gasteiger partial charge in [-0.2, -0.15) is 0 Å². The van der Waals surface area contributed by atoms with Crippen molar-refractivity contribution in [3.63, 3.8) is 0 Å². The van der Waals surface area contributed by atoms with Gasteiger partial charge in [0.2, 0.25) is 11.8 Å². The molecule has 2 aliphatic rings. The molecule has 2 N–H and O–H groups in total. The zero-order valence-corrected chi connectivity index (χ0v) is 17.3. The van der Waals surface area contributed by atoms with Gasteiger partial charge in [-0.05, 0) is 54.6 Å². The van der Waals surface area contributed by atoms with Crippen LogP contribution in [0.4, 0.5) is 4.39 Å². The molecule has 0 radical (unpaired) electrons. The number of hydrogen-bond donors (Lipinski definition) is 1. The summed E-state index contributed by atoms with van der Waals surface area (Å²) in [5.41, 5.74) is 6.50. The molecule has 3 aromatic rings. The van der Waals surface area contributed by atoms with E-state index >= 15 is 0 Å². The van der Waals surface area contributed by atoms with Crippen molar-refractivity contribution >= 4 is 22.7 Å². The standard InChI is InChI=1S/C24H24FN3O3/c1-24-14-18(17-5-2-3-6-20(17)31-24)21(22(26)29)23(30)28(24)11-4-10-27-12-9-15-7-8-16(25)13-19(15)27/h2-3,5-9,12-13,18,21H,4,10-11,14H2,1H3,(H2,26,29)/t18-,21-,24-/m0/s1. The number of hydrogen-bond acceptors (Lipinski definition) is 3. The van der Waals surface area contributed by atoms with E-state index in [0.717, 1.165) is 16.5 Å². The fourth-order valence-corrected chi connectivity index (χ4v) is 5.13. The number of primary amides is 1. The van der Waals surface area contributed by atoms with Crippen LogP contribution in [0.5, 0.6) is 5.75 Å². The summed E-state index contributed by atoms with van der Waals surface area (Å²) in [6, 6.07) is 14.2. The van der Waals surface area contributed by atoms with E-state index in [1.54, 1.807) is 11.0 Å². The summed E-state index contributed by atoms with van der Waals surface area (Å²) in [5, 5.41) is 0.964. The lowest BCUT2D eigenvalue weighted by atomic mass is 9.73. The van der Waals surface area contributed by atoms with Gasteiger partial charge >= 0.3 is 0 Å². The maximum Gasteiger partial charge on any atom is 0.238 e. The van der Waals surface area contributed by atoms with Crippen molar-refractivity contribution in [1.82, 2.24) is 9.47 Å². The van der Waals surface area contributed by atoms with Crippen molar-refractivity contribution in [1.29, 1.82) is 0 Å². The fourth-order valence-electron chi connectivity index (χ4n) is 5.13. The molecule has 1 aromatic heterocycles. The van der Waals surface area contributed by atoms with Crippen molar-refractivity contribution in [3.8, 4) is 5.75 Å².